The lowest BCUT2D eigenvalue weighted by Crippen LogP contribution is -2.11. The minimum atomic E-state index is -0.0633. The van der Waals surface area contributed by atoms with Crippen LogP contribution in [0.15, 0.2) is 24.3 Å². The molecule has 0 aromatic heterocycles. The van der Waals surface area contributed by atoms with Gasteiger partial charge in [0.1, 0.15) is 5.82 Å². The molecule has 0 spiro atoms. The Balaban J connectivity index is 2.72. The molecular weight excluding hydrogens is 175 g/mol. The van der Waals surface area contributed by atoms with E-state index in [-0.39, 0.29) is 5.82 Å². The molecule has 0 heterocycles. The van der Waals surface area contributed by atoms with Crippen molar-refractivity contribution in [3.05, 3.63) is 35.6 Å². The van der Waals surface area contributed by atoms with Gasteiger partial charge in [0.25, 0.3) is 0 Å². The van der Waals surface area contributed by atoms with Crippen molar-refractivity contribution in [2.45, 2.75) is 33.6 Å². The van der Waals surface area contributed by atoms with Gasteiger partial charge in [0.05, 0.1) is 0 Å². The summed E-state index contributed by atoms with van der Waals surface area (Å²) in [7, 11) is 0. The second-order valence-electron chi connectivity index (χ2n) is 4.21. The van der Waals surface area contributed by atoms with Crippen molar-refractivity contribution in [2.75, 3.05) is 0 Å². The molecule has 0 nitrogen and oxygen atoms in total. The molecule has 0 aliphatic heterocycles. The first-order valence-corrected chi connectivity index (χ1v) is 5.38. The van der Waals surface area contributed by atoms with Gasteiger partial charge in [-0.15, -0.1) is 0 Å². The molecule has 1 aromatic rings. The minimum Gasteiger partial charge on any atom is -0.207 e. The second-order valence-corrected chi connectivity index (χ2v) is 4.21. The van der Waals surface area contributed by atoms with Gasteiger partial charge in [-0.3, -0.25) is 0 Å². The van der Waals surface area contributed by atoms with Gasteiger partial charge < -0.3 is 0 Å². The number of rotatable bonds is 4. The van der Waals surface area contributed by atoms with E-state index >= 15 is 0 Å². The molecule has 0 fully saturated rings. The predicted molar refractivity (Wildman–Crippen MR) is 58.7 cm³/mol. The molecule has 78 valence electrons. The zero-order valence-corrected chi connectivity index (χ0v) is 9.26. The third kappa shape index (κ3) is 2.83. The molecule has 0 aliphatic rings. The maximum absolute atomic E-state index is 13.3. The summed E-state index contributed by atoms with van der Waals surface area (Å²) in [6, 6.07) is 7.09. The van der Waals surface area contributed by atoms with E-state index in [9.17, 15) is 4.39 Å². The molecule has 0 saturated carbocycles. The van der Waals surface area contributed by atoms with Gasteiger partial charge in [-0.2, -0.15) is 0 Å². The number of hydrogen-bond donors (Lipinski definition) is 0. The standard InChI is InChI=1S/C13H19F/c1-4-11(10(2)3)9-12-7-5-6-8-13(12)14/h5-8,10-11H,4,9H2,1-3H3. The van der Waals surface area contributed by atoms with Gasteiger partial charge in [0.15, 0.2) is 0 Å². The van der Waals surface area contributed by atoms with Gasteiger partial charge in [0, 0.05) is 0 Å². The molecule has 14 heavy (non-hydrogen) atoms. The minimum absolute atomic E-state index is 0.0633. The summed E-state index contributed by atoms with van der Waals surface area (Å²) in [5.41, 5.74) is 0.855. The summed E-state index contributed by atoms with van der Waals surface area (Å²) in [5, 5.41) is 0. The van der Waals surface area contributed by atoms with E-state index in [1.54, 1.807) is 12.1 Å². The predicted octanol–water partition coefficient (Wildman–Crippen LogP) is 4.05. The average Bonchev–Trinajstić information content (AvgIpc) is 2.16. The Bertz CT molecular complexity index is 278. The molecule has 1 unspecified atom stereocenters. The molecular formula is C13H19F. The Morgan fingerprint density at radius 1 is 1.21 bits per heavy atom. The van der Waals surface area contributed by atoms with Crippen molar-refractivity contribution < 1.29 is 4.39 Å². The largest absolute Gasteiger partial charge is 0.207 e. The van der Waals surface area contributed by atoms with Crippen LogP contribution in [0.25, 0.3) is 0 Å². The van der Waals surface area contributed by atoms with E-state index in [2.05, 4.69) is 20.8 Å². The van der Waals surface area contributed by atoms with Crippen LogP contribution in [-0.4, -0.2) is 0 Å². The van der Waals surface area contributed by atoms with E-state index in [0.717, 1.165) is 18.4 Å². The summed E-state index contributed by atoms with van der Waals surface area (Å²) >= 11 is 0. The summed E-state index contributed by atoms with van der Waals surface area (Å²) in [6.07, 6.45) is 1.98. The molecule has 1 rings (SSSR count). The maximum atomic E-state index is 13.3. The smallest absolute Gasteiger partial charge is 0.126 e. The first kappa shape index (κ1) is 11.2. The molecule has 1 aromatic carbocycles. The second kappa shape index (κ2) is 5.14. The molecule has 0 aliphatic carbocycles. The van der Waals surface area contributed by atoms with E-state index in [1.807, 2.05) is 12.1 Å². The summed E-state index contributed by atoms with van der Waals surface area (Å²) < 4.78 is 13.3. The fraction of sp³-hybridized carbons (Fsp3) is 0.538. The van der Waals surface area contributed by atoms with Gasteiger partial charge in [-0.1, -0.05) is 45.4 Å². The lowest BCUT2D eigenvalue weighted by atomic mass is 9.87. The molecule has 1 heteroatoms. The van der Waals surface area contributed by atoms with Crippen LogP contribution in [0.4, 0.5) is 4.39 Å². The Morgan fingerprint density at radius 3 is 2.36 bits per heavy atom. The quantitative estimate of drug-likeness (QED) is 0.678. The zero-order valence-electron chi connectivity index (χ0n) is 9.26. The van der Waals surface area contributed by atoms with Crippen LogP contribution in [0.1, 0.15) is 32.8 Å². The number of halogens is 1. The molecule has 0 radical (unpaired) electrons. The van der Waals surface area contributed by atoms with Crippen LogP contribution in [0.5, 0.6) is 0 Å². The highest BCUT2D eigenvalue weighted by Crippen LogP contribution is 2.21. The summed E-state index contributed by atoms with van der Waals surface area (Å²) in [4.78, 5) is 0. The first-order valence-electron chi connectivity index (χ1n) is 5.38. The first-order chi connectivity index (χ1) is 6.65. The summed E-state index contributed by atoms with van der Waals surface area (Å²) in [5.74, 6) is 1.15. The van der Waals surface area contributed by atoms with Crippen molar-refractivity contribution >= 4 is 0 Å². The molecule has 0 amide bonds. The monoisotopic (exact) mass is 194 g/mol. The van der Waals surface area contributed by atoms with Gasteiger partial charge in [0.2, 0.25) is 0 Å². The van der Waals surface area contributed by atoms with E-state index in [1.165, 1.54) is 0 Å². The summed E-state index contributed by atoms with van der Waals surface area (Å²) in [6.45, 7) is 6.58. The van der Waals surface area contributed by atoms with Crippen LogP contribution in [0.3, 0.4) is 0 Å². The van der Waals surface area contributed by atoms with Crippen molar-refractivity contribution in [3.63, 3.8) is 0 Å². The van der Waals surface area contributed by atoms with Crippen molar-refractivity contribution in [3.8, 4) is 0 Å². The van der Waals surface area contributed by atoms with Gasteiger partial charge in [-0.25, -0.2) is 4.39 Å². The SMILES string of the molecule is CCC(Cc1ccccc1F)C(C)C. The van der Waals surface area contributed by atoms with Crippen LogP contribution in [0.2, 0.25) is 0 Å². The van der Waals surface area contributed by atoms with Crippen molar-refractivity contribution in [1.82, 2.24) is 0 Å². The number of hydrogen-bond acceptors (Lipinski definition) is 0. The zero-order chi connectivity index (χ0) is 10.6. The van der Waals surface area contributed by atoms with Crippen molar-refractivity contribution in [2.24, 2.45) is 11.8 Å². The Labute approximate surface area is 86.2 Å². The van der Waals surface area contributed by atoms with E-state index < -0.39 is 0 Å². The maximum Gasteiger partial charge on any atom is 0.126 e. The van der Waals surface area contributed by atoms with Crippen LogP contribution in [0, 0.1) is 17.7 Å². The van der Waals surface area contributed by atoms with Crippen LogP contribution < -0.4 is 0 Å². The Kier molecular flexibility index (Phi) is 4.12. The fourth-order valence-electron chi connectivity index (χ4n) is 1.80. The number of benzene rings is 1. The lowest BCUT2D eigenvalue weighted by molar-refractivity contribution is 0.366. The molecule has 0 saturated heterocycles. The highest BCUT2D eigenvalue weighted by molar-refractivity contribution is 5.17. The van der Waals surface area contributed by atoms with Crippen LogP contribution in [-0.2, 0) is 6.42 Å². The molecule has 1 atom stereocenters. The third-order valence-electron chi connectivity index (χ3n) is 2.91. The fourth-order valence-corrected chi connectivity index (χ4v) is 1.80. The Morgan fingerprint density at radius 2 is 1.86 bits per heavy atom. The normalized spacial score (nSPS) is 13.2. The third-order valence-corrected chi connectivity index (χ3v) is 2.91. The van der Waals surface area contributed by atoms with Crippen LogP contribution >= 0.6 is 0 Å². The highest BCUT2D eigenvalue weighted by Gasteiger charge is 2.13. The van der Waals surface area contributed by atoms with Crippen molar-refractivity contribution in [1.29, 1.82) is 0 Å². The molecule has 0 N–H and O–H groups in total. The topological polar surface area (TPSA) is 0 Å². The van der Waals surface area contributed by atoms with Gasteiger partial charge >= 0.3 is 0 Å². The van der Waals surface area contributed by atoms with E-state index in [0.29, 0.717) is 11.8 Å². The average molecular weight is 194 g/mol. The van der Waals surface area contributed by atoms with E-state index in [4.69, 9.17) is 0 Å². The highest BCUT2D eigenvalue weighted by atomic mass is 19.1. The Hall–Kier alpha value is -0.850. The molecule has 0 bridgehead atoms. The lowest BCUT2D eigenvalue weighted by Gasteiger charge is -2.19. The van der Waals surface area contributed by atoms with Gasteiger partial charge in [-0.05, 0) is 29.9 Å².